The van der Waals surface area contributed by atoms with Gasteiger partial charge >= 0.3 is 0 Å². The van der Waals surface area contributed by atoms with Crippen molar-refractivity contribution in [3.8, 4) is 5.75 Å². The molecule has 1 atom stereocenters. The number of aromatic nitrogens is 1. The first-order chi connectivity index (χ1) is 12.7. The van der Waals surface area contributed by atoms with Crippen LogP contribution < -0.4 is 4.74 Å². The molecule has 0 unspecified atom stereocenters. The Balaban J connectivity index is 1.42. The summed E-state index contributed by atoms with van der Waals surface area (Å²) in [7, 11) is 1.64. The minimum atomic E-state index is 0.179. The molecule has 1 amide bonds. The second-order valence-corrected chi connectivity index (χ2v) is 6.81. The number of likely N-dealkylation sites (tertiary alicyclic amines) is 1. The van der Waals surface area contributed by atoms with Crippen molar-refractivity contribution in [1.29, 1.82) is 0 Å². The number of methoxy groups -OCH3 is 1. The van der Waals surface area contributed by atoms with Gasteiger partial charge < -0.3 is 9.64 Å². The maximum absolute atomic E-state index is 12.6. The molecule has 0 bridgehead atoms. The summed E-state index contributed by atoms with van der Waals surface area (Å²) in [6, 6.07) is 18.1. The van der Waals surface area contributed by atoms with E-state index >= 15 is 0 Å². The molecule has 2 aromatic carbocycles. The fourth-order valence-corrected chi connectivity index (χ4v) is 3.58. The quantitative estimate of drug-likeness (QED) is 0.721. The minimum absolute atomic E-state index is 0.179. The lowest BCUT2D eigenvalue weighted by atomic mass is 10.0. The predicted octanol–water partition coefficient (Wildman–Crippen LogP) is 3.80. The highest BCUT2D eigenvalue weighted by atomic mass is 16.5. The molecule has 4 heteroatoms. The molecule has 3 aromatic rings. The number of fused-ring (bicyclic) bond motifs is 1. The highest BCUT2D eigenvalue weighted by molar-refractivity contribution is 5.82. The first-order valence-electron chi connectivity index (χ1n) is 8.98. The molecule has 4 nitrogen and oxygen atoms in total. The summed E-state index contributed by atoms with van der Waals surface area (Å²) in [6.07, 6.45) is 3.34. The fourth-order valence-electron chi connectivity index (χ4n) is 3.58. The summed E-state index contributed by atoms with van der Waals surface area (Å²) in [5, 5.41) is 2.36. The van der Waals surface area contributed by atoms with Crippen LogP contribution in [0.2, 0.25) is 0 Å². The molecule has 1 fully saturated rings. The van der Waals surface area contributed by atoms with Gasteiger partial charge in [0, 0.05) is 36.3 Å². The summed E-state index contributed by atoms with van der Waals surface area (Å²) in [5.74, 6) is 1.31. The molecule has 26 heavy (non-hydrogen) atoms. The SMILES string of the molecule is COc1ccc(CC(=O)N2CC[C@@H](c3cc4ccccc4cn3)C2)cc1. The smallest absolute Gasteiger partial charge is 0.227 e. The van der Waals surface area contributed by atoms with Crippen molar-refractivity contribution in [1.82, 2.24) is 9.88 Å². The molecule has 2 heterocycles. The van der Waals surface area contributed by atoms with E-state index in [0.29, 0.717) is 12.3 Å². The lowest BCUT2D eigenvalue weighted by molar-refractivity contribution is -0.129. The van der Waals surface area contributed by atoms with Crippen molar-refractivity contribution < 1.29 is 9.53 Å². The highest BCUT2D eigenvalue weighted by Gasteiger charge is 2.28. The van der Waals surface area contributed by atoms with E-state index in [0.717, 1.165) is 41.9 Å². The van der Waals surface area contributed by atoms with Crippen LogP contribution in [0.4, 0.5) is 0 Å². The van der Waals surface area contributed by atoms with Crippen LogP contribution in [-0.2, 0) is 11.2 Å². The number of amides is 1. The van der Waals surface area contributed by atoms with E-state index in [2.05, 4.69) is 23.2 Å². The van der Waals surface area contributed by atoms with Gasteiger partial charge in [0.1, 0.15) is 5.75 Å². The molecule has 0 saturated carbocycles. The zero-order valence-corrected chi connectivity index (χ0v) is 14.9. The van der Waals surface area contributed by atoms with E-state index in [1.807, 2.05) is 47.5 Å². The molecular formula is C22H22N2O2. The highest BCUT2D eigenvalue weighted by Crippen LogP contribution is 2.28. The summed E-state index contributed by atoms with van der Waals surface area (Å²) >= 11 is 0. The fraction of sp³-hybridized carbons (Fsp3) is 0.273. The Labute approximate surface area is 153 Å². The summed E-state index contributed by atoms with van der Waals surface area (Å²) in [6.45, 7) is 1.55. The van der Waals surface area contributed by atoms with Gasteiger partial charge in [0.15, 0.2) is 0 Å². The van der Waals surface area contributed by atoms with Gasteiger partial charge in [-0.1, -0.05) is 36.4 Å². The van der Waals surface area contributed by atoms with Crippen molar-refractivity contribution >= 4 is 16.7 Å². The maximum atomic E-state index is 12.6. The van der Waals surface area contributed by atoms with E-state index in [-0.39, 0.29) is 5.91 Å². The predicted molar refractivity (Wildman–Crippen MR) is 102 cm³/mol. The third-order valence-corrected chi connectivity index (χ3v) is 5.13. The second-order valence-electron chi connectivity index (χ2n) is 6.81. The van der Waals surface area contributed by atoms with Crippen molar-refractivity contribution in [3.63, 3.8) is 0 Å². The van der Waals surface area contributed by atoms with Gasteiger partial charge in [-0.2, -0.15) is 0 Å². The average Bonchev–Trinajstić information content (AvgIpc) is 3.18. The third-order valence-electron chi connectivity index (χ3n) is 5.13. The topological polar surface area (TPSA) is 42.4 Å². The van der Waals surface area contributed by atoms with Gasteiger partial charge in [0.05, 0.1) is 13.5 Å². The van der Waals surface area contributed by atoms with Gasteiger partial charge in [-0.3, -0.25) is 9.78 Å². The molecule has 4 rings (SSSR count). The maximum Gasteiger partial charge on any atom is 0.227 e. The Hall–Kier alpha value is -2.88. The van der Waals surface area contributed by atoms with Crippen LogP contribution in [0.25, 0.3) is 10.8 Å². The number of nitrogens with zero attached hydrogens (tertiary/aromatic N) is 2. The largest absolute Gasteiger partial charge is 0.497 e. The van der Waals surface area contributed by atoms with Crippen LogP contribution in [0.1, 0.15) is 23.6 Å². The van der Waals surface area contributed by atoms with Crippen molar-refractivity contribution in [2.24, 2.45) is 0 Å². The molecule has 0 aliphatic carbocycles. The van der Waals surface area contributed by atoms with E-state index in [1.165, 1.54) is 5.39 Å². The lowest BCUT2D eigenvalue weighted by Gasteiger charge is -2.17. The Kier molecular flexibility index (Phi) is 4.57. The molecule has 1 aliphatic heterocycles. The van der Waals surface area contributed by atoms with Crippen LogP contribution in [0.15, 0.2) is 60.8 Å². The van der Waals surface area contributed by atoms with E-state index in [9.17, 15) is 4.79 Å². The number of pyridine rings is 1. The van der Waals surface area contributed by atoms with Gasteiger partial charge in [0.25, 0.3) is 0 Å². The molecule has 0 N–H and O–H groups in total. The summed E-state index contributed by atoms with van der Waals surface area (Å²) in [4.78, 5) is 19.2. The average molecular weight is 346 g/mol. The molecule has 1 saturated heterocycles. The zero-order valence-electron chi connectivity index (χ0n) is 14.9. The Morgan fingerprint density at radius 3 is 2.69 bits per heavy atom. The number of hydrogen-bond donors (Lipinski definition) is 0. The van der Waals surface area contributed by atoms with Crippen molar-refractivity contribution in [2.75, 3.05) is 20.2 Å². The second kappa shape index (κ2) is 7.16. The number of carbonyl (C=O) groups is 1. The Morgan fingerprint density at radius 2 is 1.92 bits per heavy atom. The van der Waals surface area contributed by atoms with E-state index in [4.69, 9.17) is 4.74 Å². The summed E-state index contributed by atoms with van der Waals surface area (Å²) < 4.78 is 5.17. The monoisotopic (exact) mass is 346 g/mol. The van der Waals surface area contributed by atoms with Crippen LogP contribution in [0.3, 0.4) is 0 Å². The van der Waals surface area contributed by atoms with Gasteiger partial charge in [-0.15, -0.1) is 0 Å². The number of ether oxygens (including phenoxy) is 1. The van der Waals surface area contributed by atoms with Crippen LogP contribution in [0.5, 0.6) is 5.75 Å². The standard InChI is InChI=1S/C22H22N2O2/c1-26-20-8-6-16(7-9-20)12-22(25)24-11-10-19(15-24)21-13-17-4-2-3-5-18(17)14-23-21/h2-9,13-14,19H,10-12,15H2,1H3/t19-/m1/s1. The van der Waals surface area contributed by atoms with Gasteiger partial charge in [0.2, 0.25) is 5.91 Å². The van der Waals surface area contributed by atoms with Crippen molar-refractivity contribution in [3.05, 3.63) is 72.1 Å². The van der Waals surface area contributed by atoms with Gasteiger partial charge in [-0.05, 0) is 35.6 Å². The molecule has 132 valence electrons. The molecular weight excluding hydrogens is 324 g/mol. The number of carbonyl (C=O) groups excluding carboxylic acids is 1. The van der Waals surface area contributed by atoms with E-state index < -0.39 is 0 Å². The van der Waals surface area contributed by atoms with Crippen LogP contribution in [0, 0.1) is 0 Å². The molecule has 1 aromatic heterocycles. The van der Waals surface area contributed by atoms with Gasteiger partial charge in [-0.25, -0.2) is 0 Å². The summed E-state index contributed by atoms with van der Waals surface area (Å²) in [5.41, 5.74) is 2.10. The van der Waals surface area contributed by atoms with Crippen LogP contribution >= 0.6 is 0 Å². The Morgan fingerprint density at radius 1 is 1.15 bits per heavy atom. The number of hydrogen-bond acceptors (Lipinski definition) is 3. The molecule has 0 radical (unpaired) electrons. The minimum Gasteiger partial charge on any atom is -0.497 e. The van der Waals surface area contributed by atoms with Crippen molar-refractivity contribution in [2.45, 2.75) is 18.8 Å². The van der Waals surface area contributed by atoms with E-state index in [1.54, 1.807) is 7.11 Å². The third kappa shape index (κ3) is 3.40. The normalized spacial score (nSPS) is 16.8. The molecule has 0 spiro atoms. The zero-order chi connectivity index (χ0) is 17.9. The van der Waals surface area contributed by atoms with Crippen LogP contribution in [-0.4, -0.2) is 36.0 Å². The number of rotatable bonds is 4. The molecule has 1 aliphatic rings. The first-order valence-corrected chi connectivity index (χ1v) is 8.98. The first kappa shape index (κ1) is 16.6. The Bertz CT molecular complexity index is 921. The lowest BCUT2D eigenvalue weighted by Crippen LogP contribution is -2.29. The number of benzene rings is 2.